The molecule has 2 unspecified atom stereocenters. The van der Waals surface area contributed by atoms with Gasteiger partial charge >= 0.3 is 5.97 Å². The number of amides is 3. The van der Waals surface area contributed by atoms with Gasteiger partial charge in [-0.1, -0.05) is 0 Å². The third kappa shape index (κ3) is 3.46. The summed E-state index contributed by atoms with van der Waals surface area (Å²) in [5.74, 6) is -2.16. The molecule has 8 heteroatoms. The molecular formula is C10H14N2O5S. The molecule has 2 N–H and O–H groups in total. The maximum Gasteiger partial charge on any atom is 0.327 e. The molecule has 0 bridgehead atoms. The fraction of sp³-hybridized carbons (Fsp3) is 0.600. The van der Waals surface area contributed by atoms with Gasteiger partial charge in [-0.2, -0.15) is 0 Å². The minimum absolute atomic E-state index is 0.0481. The second-order valence-corrected chi connectivity index (χ2v) is 5.14. The van der Waals surface area contributed by atoms with Crippen LogP contribution in [0.1, 0.15) is 13.3 Å². The van der Waals surface area contributed by atoms with Crippen molar-refractivity contribution >= 4 is 35.5 Å². The molecule has 0 saturated carbocycles. The number of hydrogen-bond donors (Lipinski definition) is 2. The van der Waals surface area contributed by atoms with E-state index >= 15 is 0 Å². The van der Waals surface area contributed by atoms with Gasteiger partial charge in [0.15, 0.2) is 0 Å². The van der Waals surface area contributed by atoms with E-state index in [1.165, 1.54) is 14.0 Å². The molecule has 1 aliphatic heterocycles. The van der Waals surface area contributed by atoms with E-state index < -0.39 is 23.2 Å². The molecule has 1 aliphatic rings. The van der Waals surface area contributed by atoms with Crippen molar-refractivity contribution < 1.29 is 24.3 Å². The van der Waals surface area contributed by atoms with Gasteiger partial charge in [0, 0.05) is 26.1 Å². The predicted octanol–water partition coefficient (Wildman–Crippen LogP) is -0.934. The van der Waals surface area contributed by atoms with Gasteiger partial charge in [0.25, 0.3) is 0 Å². The number of carbonyl (C=O) groups excluding carboxylic acids is 3. The number of carboxylic acid groups (broad SMARTS) is 1. The van der Waals surface area contributed by atoms with Gasteiger partial charge in [0.05, 0.1) is 5.25 Å². The Morgan fingerprint density at radius 3 is 2.56 bits per heavy atom. The summed E-state index contributed by atoms with van der Waals surface area (Å²) in [7, 11) is 1.40. The fourth-order valence-corrected chi connectivity index (χ4v) is 2.70. The average Bonchev–Trinajstić information content (AvgIpc) is 2.51. The lowest BCUT2D eigenvalue weighted by molar-refractivity contribution is -0.141. The summed E-state index contributed by atoms with van der Waals surface area (Å²) < 4.78 is 0. The minimum Gasteiger partial charge on any atom is -0.480 e. The molecule has 0 aliphatic carbocycles. The zero-order valence-corrected chi connectivity index (χ0v) is 10.8. The van der Waals surface area contributed by atoms with Crippen molar-refractivity contribution in [3.05, 3.63) is 0 Å². The number of nitrogens with one attached hydrogen (secondary N) is 1. The lowest BCUT2D eigenvalue weighted by Gasteiger charge is -2.14. The molecule has 0 aromatic carbocycles. The van der Waals surface area contributed by atoms with Crippen molar-refractivity contribution in [1.29, 1.82) is 0 Å². The number of nitrogens with zero attached hydrogens (tertiary/aromatic N) is 1. The van der Waals surface area contributed by atoms with Crippen LogP contribution < -0.4 is 5.32 Å². The third-order valence-electron chi connectivity index (χ3n) is 2.48. The van der Waals surface area contributed by atoms with Crippen molar-refractivity contribution in [2.45, 2.75) is 24.6 Å². The van der Waals surface area contributed by atoms with E-state index in [0.29, 0.717) is 0 Å². The quantitative estimate of drug-likeness (QED) is 0.627. The van der Waals surface area contributed by atoms with Gasteiger partial charge in [0.2, 0.25) is 17.7 Å². The minimum atomic E-state index is -1.16. The highest BCUT2D eigenvalue weighted by Crippen LogP contribution is 2.24. The van der Waals surface area contributed by atoms with Crippen LogP contribution in [0.2, 0.25) is 0 Å². The van der Waals surface area contributed by atoms with Gasteiger partial charge in [-0.15, -0.1) is 11.8 Å². The summed E-state index contributed by atoms with van der Waals surface area (Å²) in [6.45, 7) is 1.22. The predicted molar refractivity (Wildman–Crippen MR) is 63.9 cm³/mol. The molecule has 1 heterocycles. The molecule has 7 nitrogen and oxygen atoms in total. The third-order valence-corrected chi connectivity index (χ3v) is 3.78. The number of carboxylic acids is 1. The fourth-order valence-electron chi connectivity index (χ4n) is 1.48. The Bertz CT molecular complexity index is 394. The molecular weight excluding hydrogens is 260 g/mol. The summed E-state index contributed by atoms with van der Waals surface area (Å²) in [6.07, 6.45) is 0.0758. The topological polar surface area (TPSA) is 104 Å². The number of rotatable bonds is 5. The molecule has 1 rings (SSSR count). The lowest BCUT2D eigenvalue weighted by Crippen LogP contribution is -2.42. The first-order valence-electron chi connectivity index (χ1n) is 5.24. The van der Waals surface area contributed by atoms with Crippen LogP contribution in [-0.2, 0) is 19.2 Å². The van der Waals surface area contributed by atoms with Crippen molar-refractivity contribution in [2.24, 2.45) is 0 Å². The normalized spacial score (nSPS) is 21.0. The van der Waals surface area contributed by atoms with Gasteiger partial charge < -0.3 is 10.4 Å². The van der Waals surface area contributed by atoms with Crippen molar-refractivity contribution in [3.8, 4) is 0 Å². The first-order chi connectivity index (χ1) is 8.32. The van der Waals surface area contributed by atoms with Crippen LogP contribution in [0.5, 0.6) is 0 Å². The second-order valence-electron chi connectivity index (χ2n) is 3.91. The van der Waals surface area contributed by atoms with E-state index in [-0.39, 0.29) is 24.0 Å². The molecule has 1 fully saturated rings. The SMILES string of the molecule is CC(=O)NC(CSC1CC(=O)N(C)C1=O)C(=O)O. The maximum absolute atomic E-state index is 11.6. The van der Waals surface area contributed by atoms with E-state index in [4.69, 9.17) is 5.11 Å². The molecule has 3 amide bonds. The largest absolute Gasteiger partial charge is 0.480 e. The Morgan fingerprint density at radius 1 is 1.56 bits per heavy atom. The Morgan fingerprint density at radius 2 is 2.17 bits per heavy atom. The number of likely N-dealkylation sites (tertiary alicyclic amines) is 1. The molecule has 0 spiro atoms. The molecule has 100 valence electrons. The van der Waals surface area contributed by atoms with Crippen molar-refractivity contribution in [2.75, 3.05) is 12.8 Å². The van der Waals surface area contributed by atoms with E-state index in [0.717, 1.165) is 16.7 Å². The number of carbonyl (C=O) groups is 4. The van der Waals surface area contributed by atoms with Gasteiger partial charge in [-0.05, 0) is 0 Å². The molecule has 0 radical (unpaired) electrons. The summed E-state index contributed by atoms with van der Waals surface area (Å²) in [5, 5.41) is 10.6. The van der Waals surface area contributed by atoms with E-state index in [1.54, 1.807) is 0 Å². The van der Waals surface area contributed by atoms with E-state index in [1.807, 2.05) is 0 Å². The summed E-state index contributed by atoms with van der Waals surface area (Å²) in [6, 6.07) is -1.05. The Labute approximate surface area is 108 Å². The molecule has 18 heavy (non-hydrogen) atoms. The Hall–Kier alpha value is -1.57. The van der Waals surface area contributed by atoms with Crippen LogP contribution >= 0.6 is 11.8 Å². The Kier molecular flexibility index (Phi) is 4.71. The lowest BCUT2D eigenvalue weighted by atomic mass is 10.3. The van der Waals surface area contributed by atoms with Crippen LogP contribution in [0.15, 0.2) is 0 Å². The zero-order chi connectivity index (χ0) is 13.9. The number of imide groups is 1. The smallest absolute Gasteiger partial charge is 0.327 e. The second kappa shape index (κ2) is 5.85. The highest BCUT2D eigenvalue weighted by molar-refractivity contribution is 8.00. The van der Waals surface area contributed by atoms with Gasteiger partial charge in [-0.25, -0.2) is 4.79 Å². The van der Waals surface area contributed by atoms with Crippen molar-refractivity contribution in [1.82, 2.24) is 10.2 Å². The Balaban J connectivity index is 2.53. The van der Waals surface area contributed by atoms with Crippen LogP contribution in [0.4, 0.5) is 0 Å². The molecule has 0 aromatic rings. The van der Waals surface area contributed by atoms with Crippen LogP contribution in [0, 0.1) is 0 Å². The number of aliphatic carboxylic acids is 1. The van der Waals surface area contributed by atoms with Crippen molar-refractivity contribution in [3.63, 3.8) is 0 Å². The molecule has 2 atom stereocenters. The van der Waals surface area contributed by atoms with E-state index in [9.17, 15) is 19.2 Å². The average molecular weight is 274 g/mol. The maximum atomic E-state index is 11.6. The molecule has 0 aromatic heterocycles. The monoisotopic (exact) mass is 274 g/mol. The number of thioether (sulfide) groups is 1. The zero-order valence-electron chi connectivity index (χ0n) is 10.0. The van der Waals surface area contributed by atoms with Crippen LogP contribution in [-0.4, -0.2) is 57.8 Å². The summed E-state index contributed by atoms with van der Waals surface area (Å²) >= 11 is 1.07. The summed E-state index contributed by atoms with van der Waals surface area (Å²) in [4.78, 5) is 45.5. The van der Waals surface area contributed by atoms with Gasteiger partial charge in [-0.3, -0.25) is 19.3 Å². The van der Waals surface area contributed by atoms with Crippen LogP contribution in [0.3, 0.4) is 0 Å². The highest BCUT2D eigenvalue weighted by atomic mass is 32.2. The first kappa shape index (κ1) is 14.5. The number of hydrogen-bond acceptors (Lipinski definition) is 5. The first-order valence-corrected chi connectivity index (χ1v) is 6.29. The van der Waals surface area contributed by atoms with Gasteiger partial charge in [0.1, 0.15) is 6.04 Å². The summed E-state index contributed by atoms with van der Waals surface area (Å²) in [5.41, 5.74) is 0. The molecule has 1 saturated heterocycles. The highest BCUT2D eigenvalue weighted by Gasteiger charge is 2.37. The standard InChI is InChI=1S/C10H14N2O5S/c1-5(13)11-6(10(16)17)4-18-7-3-8(14)12(2)9(7)15/h6-7H,3-4H2,1-2H3,(H,11,13)(H,16,17). The van der Waals surface area contributed by atoms with E-state index in [2.05, 4.69) is 5.32 Å². The van der Waals surface area contributed by atoms with Crippen LogP contribution in [0.25, 0.3) is 0 Å².